The number of pyridine rings is 1. The van der Waals surface area contributed by atoms with Crippen molar-refractivity contribution in [1.29, 1.82) is 0 Å². The summed E-state index contributed by atoms with van der Waals surface area (Å²) in [7, 11) is 4.12. The van der Waals surface area contributed by atoms with Gasteiger partial charge in [0.1, 0.15) is 7.05 Å². The molecule has 0 saturated heterocycles. The first-order chi connectivity index (χ1) is 16.9. The Kier molecular flexibility index (Phi) is 9.88. The minimum atomic E-state index is 0. The van der Waals surface area contributed by atoms with E-state index < -0.39 is 0 Å². The maximum Gasteiger partial charge on any atom is 0.213 e. The third-order valence-electron chi connectivity index (χ3n) is 6.40. The number of aromatic nitrogens is 1. The van der Waals surface area contributed by atoms with Gasteiger partial charge in [-0.15, -0.1) is 0 Å². The molecule has 0 radical (unpaired) electrons. The molecule has 0 amide bonds. The molecule has 1 aromatic heterocycles. The molecule has 0 spiro atoms. The maximum absolute atomic E-state index is 9.18. The minimum absolute atomic E-state index is 0. The van der Waals surface area contributed by atoms with Crippen molar-refractivity contribution in [2.24, 2.45) is 7.05 Å². The second-order valence-electron chi connectivity index (χ2n) is 9.01. The lowest BCUT2D eigenvalue weighted by Gasteiger charge is -2.17. The van der Waals surface area contributed by atoms with Gasteiger partial charge in [0.05, 0.1) is 6.61 Å². The van der Waals surface area contributed by atoms with Crippen LogP contribution in [-0.2, 0) is 7.05 Å². The molecule has 3 aromatic carbocycles. The summed E-state index contributed by atoms with van der Waals surface area (Å²) < 4.78 is 3.34. The molecule has 0 bridgehead atoms. The summed E-state index contributed by atoms with van der Waals surface area (Å²) in [6.07, 6.45) is 4.34. The quantitative estimate of drug-likeness (QED) is 0.242. The van der Waals surface area contributed by atoms with Crippen LogP contribution in [0.1, 0.15) is 22.4 Å². The van der Waals surface area contributed by atoms with E-state index in [-0.39, 0.29) is 30.6 Å². The van der Waals surface area contributed by atoms with Crippen LogP contribution in [0.2, 0.25) is 0 Å². The summed E-state index contributed by atoms with van der Waals surface area (Å²) in [5.41, 5.74) is 10.7. The number of nitrogens with zero attached hydrogens (tertiary/aromatic N) is 2. The lowest BCUT2D eigenvalue weighted by atomic mass is 9.98. The van der Waals surface area contributed by atoms with Crippen LogP contribution >= 0.6 is 15.9 Å². The van der Waals surface area contributed by atoms with Gasteiger partial charge in [0.15, 0.2) is 0 Å². The molecule has 3 nitrogen and oxygen atoms in total. The molecule has 0 saturated carbocycles. The lowest BCUT2D eigenvalue weighted by molar-refractivity contribution is -0.662. The zero-order chi connectivity index (χ0) is 24.9. The fourth-order valence-electron chi connectivity index (χ4n) is 4.31. The number of hydrogen-bond donors (Lipinski definition) is 1. The predicted octanol–water partition coefficient (Wildman–Crippen LogP) is 3.83. The first-order valence-electron chi connectivity index (χ1n) is 11.8. The molecule has 5 heteroatoms. The van der Waals surface area contributed by atoms with Gasteiger partial charge in [-0.05, 0) is 72.5 Å². The predicted molar refractivity (Wildman–Crippen MR) is 151 cm³/mol. The molecular weight excluding hydrogens is 623 g/mol. The Morgan fingerprint density at radius 1 is 0.861 bits per heavy atom. The zero-order valence-corrected chi connectivity index (χ0v) is 24.9. The Labute approximate surface area is 240 Å². The van der Waals surface area contributed by atoms with E-state index in [2.05, 4.69) is 132 Å². The summed E-state index contributed by atoms with van der Waals surface area (Å²) in [5, 5.41) is 9.18. The Hall–Kier alpha value is -2.48. The van der Waals surface area contributed by atoms with Crippen molar-refractivity contribution in [3.05, 3.63) is 106 Å². The number of anilines is 1. The number of likely N-dealkylation sites (N-methyl/N-ethyl adjacent to an activating group) is 1. The molecule has 186 valence electrons. The molecule has 0 atom stereocenters. The van der Waals surface area contributed by atoms with Gasteiger partial charge in [-0.1, -0.05) is 57.9 Å². The average molecular weight is 655 g/mol. The third-order valence-corrected chi connectivity index (χ3v) is 6.92. The number of aliphatic hydroxyl groups excluding tert-OH is 1. The molecular formula is C31H32BrIN2O. The second kappa shape index (κ2) is 12.7. The SMILES string of the molecule is Cc1ccc(-c2cc(-c3ccc(Br)cc3)cc(C=Cc3ccc(N(C)CCO)cc3)[n+]2C)c(C)c1.[I-]. The van der Waals surface area contributed by atoms with Gasteiger partial charge in [0.25, 0.3) is 0 Å². The van der Waals surface area contributed by atoms with Crippen molar-refractivity contribution in [3.8, 4) is 22.4 Å². The Morgan fingerprint density at radius 3 is 2.19 bits per heavy atom. The Balaban J connectivity index is 0.00000361. The van der Waals surface area contributed by atoms with Gasteiger partial charge in [0, 0.05) is 47.5 Å². The van der Waals surface area contributed by atoms with Crippen molar-refractivity contribution >= 4 is 33.8 Å². The van der Waals surface area contributed by atoms with Crippen LogP contribution in [0.25, 0.3) is 34.5 Å². The topological polar surface area (TPSA) is 27.3 Å². The lowest BCUT2D eigenvalue weighted by Crippen LogP contribution is -3.00. The fourth-order valence-corrected chi connectivity index (χ4v) is 4.57. The van der Waals surface area contributed by atoms with Crippen LogP contribution in [0.3, 0.4) is 0 Å². The van der Waals surface area contributed by atoms with E-state index in [1.54, 1.807) is 0 Å². The molecule has 4 aromatic rings. The summed E-state index contributed by atoms with van der Waals surface area (Å²) >= 11 is 3.55. The highest BCUT2D eigenvalue weighted by Crippen LogP contribution is 2.29. The van der Waals surface area contributed by atoms with E-state index >= 15 is 0 Å². The van der Waals surface area contributed by atoms with E-state index in [1.165, 1.54) is 33.5 Å². The van der Waals surface area contributed by atoms with Gasteiger partial charge >= 0.3 is 0 Å². The molecule has 0 unspecified atom stereocenters. The summed E-state index contributed by atoms with van der Waals surface area (Å²) in [6, 6.07) is 28.1. The van der Waals surface area contributed by atoms with Gasteiger partial charge in [-0.25, -0.2) is 0 Å². The number of benzene rings is 3. The molecule has 0 aliphatic rings. The van der Waals surface area contributed by atoms with Gasteiger partial charge < -0.3 is 34.0 Å². The zero-order valence-electron chi connectivity index (χ0n) is 21.2. The summed E-state index contributed by atoms with van der Waals surface area (Å²) in [4.78, 5) is 2.05. The van der Waals surface area contributed by atoms with Crippen LogP contribution in [-0.4, -0.2) is 25.3 Å². The van der Waals surface area contributed by atoms with E-state index in [0.29, 0.717) is 6.54 Å². The first-order valence-corrected chi connectivity index (χ1v) is 12.6. The van der Waals surface area contributed by atoms with Crippen molar-refractivity contribution in [3.63, 3.8) is 0 Å². The number of aryl methyl sites for hydroxylation is 2. The van der Waals surface area contributed by atoms with E-state index in [4.69, 9.17) is 0 Å². The molecule has 1 N–H and O–H groups in total. The Bertz CT molecular complexity index is 1350. The molecule has 1 heterocycles. The van der Waals surface area contributed by atoms with E-state index in [9.17, 15) is 5.11 Å². The molecule has 4 rings (SSSR count). The van der Waals surface area contributed by atoms with Gasteiger partial charge in [-0.2, -0.15) is 4.57 Å². The summed E-state index contributed by atoms with van der Waals surface area (Å²) in [6.45, 7) is 5.08. The fraction of sp³-hybridized carbons (Fsp3) is 0.194. The highest BCUT2D eigenvalue weighted by atomic mass is 127. The summed E-state index contributed by atoms with van der Waals surface area (Å²) in [5.74, 6) is 0. The normalized spacial score (nSPS) is 10.9. The van der Waals surface area contributed by atoms with Crippen molar-refractivity contribution in [2.75, 3.05) is 25.1 Å². The highest BCUT2D eigenvalue weighted by Gasteiger charge is 2.18. The monoisotopic (exact) mass is 654 g/mol. The van der Waals surface area contributed by atoms with Crippen LogP contribution in [0.15, 0.2) is 83.3 Å². The standard InChI is InChI=1S/C31H32BrN2O.HI/c1-22-5-16-30(23(2)19-22)31-21-26(25-9-11-27(32)12-10-25)20-29(34(31)4)15-8-24-6-13-28(14-7-24)33(3)17-18-35;/h5-16,19-21,35H,17-18H2,1-4H3;1H/q+1;/p-1. The van der Waals surface area contributed by atoms with Crippen LogP contribution < -0.4 is 33.4 Å². The van der Waals surface area contributed by atoms with Crippen molar-refractivity contribution in [1.82, 2.24) is 0 Å². The number of aliphatic hydroxyl groups is 1. The first kappa shape index (κ1) is 28.1. The molecule has 36 heavy (non-hydrogen) atoms. The highest BCUT2D eigenvalue weighted by molar-refractivity contribution is 9.10. The minimum Gasteiger partial charge on any atom is -1.00 e. The van der Waals surface area contributed by atoms with Crippen molar-refractivity contribution in [2.45, 2.75) is 13.8 Å². The van der Waals surface area contributed by atoms with Gasteiger partial charge in [-0.3, -0.25) is 0 Å². The second-order valence-corrected chi connectivity index (χ2v) is 9.92. The maximum atomic E-state index is 9.18. The van der Waals surface area contributed by atoms with Crippen molar-refractivity contribution < 1.29 is 33.7 Å². The number of halogens is 2. The largest absolute Gasteiger partial charge is 1.00 e. The number of hydrogen-bond acceptors (Lipinski definition) is 2. The number of rotatable bonds is 7. The Morgan fingerprint density at radius 2 is 1.56 bits per heavy atom. The van der Waals surface area contributed by atoms with Crippen LogP contribution in [0.5, 0.6) is 0 Å². The van der Waals surface area contributed by atoms with E-state index in [1.807, 2.05) is 11.9 Å². The van der Waals surface area contributed by atoms with Gasteiger partial charge in [0.2, 0.25) is 11.4 Å². The van der Waals surface area contributed by atoms with Crippen LogP contribution in [0.4, 0.5) is 5.69 Å². The molecule has 0 aliphatic carbocycles. The average Bonchev–Trinajstić information content (AvgIpc) is 2.85. The molecule has 0 aliphatic heterocycles. The van der Waals surface area contributed by atoms with E-state index in [0.717, 1.165) is 21.4 Å². The smallest absolute Gasteiger partial charge is 0.213 e. The van der Waals surface area contributed by atoms with Crippen LogP contribution in [0, 0.1) is 13.8 Å². The molecule has 0 fully saturated rings. The third kappa shape index (κ3) is 6.64.